The van der Waals surface area contributed by atoms with Crippen molar-refractivity contribution in [3.63, 3.8) is 0 Å². The Kier molecular flexibility index (Phi) is 5.14. The predicted molar refractivity (Wildman–Crippen MR) is 80.3 cm³/mol. The minimum absolute atomic E-state index is 0.118. The highest BCUT2D eigenvalue weighted by molar-refractivity contribution is 5.96. The first-order valence-corrected chi connectivity index (χ1v) is 7.31. The van der Waals surface area contributed by atoms with Crippen molar-refractivity contribution in [1.29, 1.82) is 0 Å². The molecule has 0 spiro atoms. The highest BCUT2D eigenvalue weighted by Crippen LogP contribution is 2.21. The molecule has 1 aromatic carbocycles. The third-order valence-electron chi connectivity index (χ3n) is 3.80. The number of hydrogen-bond acceptors (Lipinski definition) is 3. The molecule has 118 valence electrons. The molecular formula is C16H20N2O4. The molecule has 1 aromatic rings. The molecule has 0 radical (unpaired) electrons. The van der Waals surface area contributed by atoms with Crippen LogP contribution in [0.25, 0.3) is 0 Å². The van der Waals surface area contributed by atoms with Crippen LogP contribution in [-0.4, -0.2) is 47.4 Å². The summed E-state index contributed by atoms with van der Waals surface area (Å²) >= 11 is 0. The van der Waals surface area contributed by atoms with Crippen LogP contribution < -0.4 is 5.32 Å². The van der Waals surface area contributed by atoms with E-state index in [0.717, 1.165) is 0 Å². The number of aliphatic carboxylic acids is 1. The maximum absolute atomic E-state index is 12.2. The van der Waals surface area contributed by atoms with Crippen LogP contribution >= 0.6 is 0 Å². The molecule has 1 fully saturated rings. The first kappa shape index (κ1) is 16.0. The Morgan fingerprint density at radius 3 is 2.55 bits per heavy atom. The minimum atomic E-state index is -0.877. The second-order valence-electron chi connectivity index (χ2n) is 5.72. The summed E-state index contributed by atoms with van der Waals surface area (Å²) in [6.07, 6.45) is 0.579. The summed E-state index contributed by atoms with van der Waals surface area (Å²) in [4.78, 5) is 36.7. The highest BCUT2D eigenvalue weighted by Gasteiger charge is 2.31. The third kappa shape index (κ3) is 4.07. The molecule has 6 nitrogen and oxygen atoms in total. The standard InChI is InChI=1S/C16H20N2O4/c1-11-7-13(16(21)22)10-18(9-11)14(19)8-17-15(20)12-5-3-2-4-6-12/h2-6,11,13H,7-10H2,1H3,(H,17,20)(H,21,22). The normalized spacial score (nSPS) is 21.2. The molecule has 0 bridgehead atoms. The molecule has 1 aliphatic rings. The van der Waals surface area contributed by atoms with Gasteiger partial charge in [0.25, 0.3) is 5.91 Å². The Hall–Kier alpha value is -2.37. The number of carbonyl (C=O) groups excluding carboxylic acids is 2. The van der Waals surface area contributed by atoms with E-state index in [4.69, 9.17) is 5.11 Å². The lowest BCUT2D eigenvalue weighted by Gasteiger charge is -2.34. The number of piperidine rings is 1. The molecule has 1 heterocycles. The Balaban J connectivity index is 1.89. The van der Waals surface area contributed by atoms with Gasteiger partial charge in [-0.15, -0.1) is 0 Å². The summed E-state index contributed by atoms with van der Waals surface area (Å²) in [6, 6.07) is 8.65. The van der Waals surface area contributed by atoms with Gasteiger partial charge in [-0.1, -0.05) is 25.1 Å². The van der Waals surface area contributed by atoms with Gasteiger partial charge in [0.1, 0.15) is 0 Å². The Morgan fingerprint density at radius 1 is 1.23 bits per heavy atom. The van der Waals surface area contributed by atoms with Gasteiger partial charge in [-0.05, 0) is 24.5 Å². The molecule has 2 amide bonds. The van der Waals surface area contributed by atoms with Gasteiger partial charge < -0.3 is 15.3 Å². The number of nitrogens with zero attached hydrogens (tertiary/aromatic N) is 1. The maximum atomic E-state index is 12.2. The summed E-state index contributed by atoms with van der Waals surface area (Å²) in [6.45, 7) is 2.55. The van der Waals surface area contributed by atoms with Crippen molar-refractivity contribution < 1.29 is 19.5 Å². The molecule has 0 aromatic heterocycles. The van der Waals surface area contributed by atoms with E-state index in [9.17, 15) is 14.4 Å². The number of amides is 2. The van der Waals surface area contributed by atoms with Crippen molar-refractivity contribution in [3.05, 3.63) is 35.9 Å². The van der Waals surface area contributed by atoms with E-state index < -0.39 is 11.9 Å². The number of nitrogens with one attached hydrogen (secondary N) is 1. The summed E-state index contributed by atoms with van der Waals surface area (Å²) in [5, 5.41) is 11.7. The van der Waals surface area contributed by atoms with Crippen LogP contribution in [0.3, 0.4) is 0 Å². The third-order valence-corrected chi connectivity index (χ3v) is 3.80. The van der Waals surface area contributed by atoms with Gasteiger partial charge in [-0.3, -0.25) is 14.4 Å². The second-order valence-corrected chi connectivity index (χ2v) is 5.72. The lowest BCUT2D eigenvalue weighted by Crippen LogP contribution is -2.48. The number of carboxylic acid groups (broad SMARTS) is 1. The maximum Gasteiger partial charge on any atom is 0.308 e. The number of carboxylic acids is 1. The molecule has 2 N–H and O–H groups in total. The zero-order chi connectivity index (χ0) is 16.1. The van der Waals surface area contributed by atoms with Crippen molar-refractivity contribution in [2.24, 2.45) is 11.8 Å². The van der Waals surface area contributed by atoms with Gasteiger partial charge in [0.15, 0.2) is 0 Å². The van der Waals surface area contributed by atoms with E-state index in [1.54, 1.807) is 24.3 Å². The second kappa shape index (κ2) is 7.06. The topological polar surface area (TPSA) is 86.7 Å². The molecule has 2 atom stereocenters. The lowest BCUT2D eigenvalue weighted by atomic mass is 9.90. The van der Waals surface area contributed by atoms with Gasteiger partial charge in [0, 0.05) is 18.7 Å². The van der Waals surface area contributed by atoms with Crippen LogP contribution in [0, 0.1) is 11.8 Å². The molecular weight excluding hydrogens is 284 g/mol. The van der Waals surface area contributed by atoms with Crippen molar-refractivity contribution in [1.82, 2.24) is 10.2 Å². The fourth-order valence-electron chi connectivity index (χ4n) is 2.69. The number of hydrogen-bond donors (Lipinski definition) is 2. The average Bonchev–Trinajstić information content (AvgIpc) is 2.52. The molecule has 0 aliphatic carbocycles. The zero-order valence-corrected chi connectivity index (χ0v) is 12.5. The molecule has 6 heteroatoms. The summed E-state index contributed by atoms with van der Waals surface area (Å²) in [5.74, 6) is -1.82. The first-order valence-electron chi connectivity index (χ1n) is 7.31. The van der Waals surface area contributed by atoms with Crippen LogP contribution in [0.1, 0.15) is 23.7 Å². The fraction of sp³-hybridized carbons (Fsp3) is 0.438. The average molecular weight is 304 g/mol. The van der Waals surface area contributed by atoms with Crippen LogP contribution in [0.5, 0.6) is 0 Å². The lowest BCUT2D eigenvalue weighted by molar-refractivity contribution is -0.146. The van der Waals surface area contributed by atoms with Crippen LogP contribution in [0.2, 0.25) is 0 Å². The van der Waals surface area contributed by atoms with Gasteiger partial charge in [0.05, 0.1) is 12.5 Å². The van der Waals surface area contributed by atoms with Gasteiger partial charge in [-0.2, -0.15) is 0 Å². The van der Waals surface area contributed by atoms with E-state index in [2.05, 4.69) is 5.32 Å². The van der Waals surface area contributed by atoms with Crippen molar-refractivity contribution in [2.45, 2.75) is 13.3 Å². The first-order chi connectivity index (χ1) is 10.5. The smallest absolute Gasteiger partial charge is 0.308 e. The molecule has 1 aliphatic heterocycles. The molecule has 1 saturated heterocycles. The SMILES string of the molecule is CC1CC(C(=O)O)CN(C(=O)CNC(=O)c2ccccc2)C1. The number of benzene rings is 1. The van der Waals surface area contributed by atoms with Gasteiger partial charge in [-0.25, -0.2) is 0 Å². The van der Waals surface area contributed by atoms with Crippen molar-refractivity contribution in [2.75, 3.05) is 19.6 Å². The quantitative estimate of drug-likeness (QED) is 0.868. The van der Waals surface area contributed by atoms with E-state index >= 15 is 0 Å². The van der Waals surface area contributed by atoms with E-state index in [1.165, 1.54) is 4.90 Å². The van der Waals surface area contributed by atoms with Crippen LogP contribution in [0.4, 0.5) is 0 Å². The Labute approximate surface area is 129 Å². The number of rotatable bonds is 4. The molecule has 22 heavy (non-hydrogen) atoms. The number of likely N-dealkylation sites (tertiary alicyclic amines) is 1. The van der Waals surface area contributed by atoms with Crippen LogP contribution in [-0.2, 0) is 9.59 Å². The summed E-state index contributed by atoms with van der Waals surface area (Å²) < 4.78 is 0. The summed E-state index contributed by atoms with van der Waals surface area (Å²) in [7, 11) is 0. The van der Waals surface area contributed by atoms with Gasteiger partial charge in [0.2, 0.25) is 5.91 Å². The largest absolute Gasteiger partial charge is 0.481 e. The minimum Gasteiger partial charge on any atom is -0.481 e. The molecule has 2 unspecified atom stereocenters. The van der Waals surface area contributed by atoms with Crippen molar-refractivity contribution >= 4 is 17.8 Å². The van der Waals surface area contributed by atoms with Crippen molar-refractivity contribution in [3.8, 4) is 0 Å². The molecule has 2 rings (SSSR count). The van der Waals surface area contributed by atoms with Crippen LogP contribution in [0.15, 0.2) is 30.3 Å². The van der Waals surface area contributed by atoms with Gasteiger partial charge >= 0.3 is 5.97 Å². The number of carbonyl (C=O) groups is 3. The Morgan fingerprint density at radius 2 is 1.91 bits per heavy atom. The fourth-order valence-corrected chi connectivity index (χ4v) is 2.69. The monoisotopic (exact) mass is 304 g/mol. The highest BCUT2D eigenvalue weighted by atomic mass is 16.4. The van der Waals surface area contributed by atoms with E-state index in [0.29, 0.717) is 18.5 Å². The molecule has 0 saturated carbocycles. The van der Waals surface area contributed by atoms with E-state index in [1.807, 2.05) is 13.0 Å². The predicted octanol–water partition coefficient (Wildman–Crippen LogP) is 0.986. The zero-order valence-electron chi connectivity index (χ0n) is 12.5. The van der Waals surface area contributed by atoms with E-state index in [-0.39, 0.29) is 30.8 Å². The Bertz CT molecular complexity index is 559. The summed E-state index contributed by atoms with van der Waals surface area (Å²) in [5.41, 5.74) is 0.491.